The number of rotatable bonds is 7. The van der Waals surface area contributed by atoms with E-state index in [9.17, 15) is 0 Å². The topological polar surface area (TPSA) is 51.6 Å². The first-order valence-corrected chi connectivity index (χ1v) is 19.1. The molecule has 55 heavy (non-hydrogen) atoms. The van der Waals surface area contributed by atoms with Gasteiger partial charge in [-0.2, -0.15) is 0 Å². The van der Waals surface area contributed by atoms with Crippen molar-refractivity contribution in [2.24, 2.45) is 0 Å². The third-order valence-corrected chi connectivity index (χ3v) is 11.2. The van der Waals surface area contributed by atoms with Gasteiger partial charge in [-0.05, 0) is 34.4 Å². The van der Waals surface area contributed by atoms with Crippen molar-refractivity contribution in [3.8, 4) is 77.0 Å². The zero-order valence-corrected chi connectivity index (χ0v) is 30.5. The summed E-state index contributed by atoms with van der Waals surface area (Å²) in [5.74, 6) is 0. The normalized spacial score (nSPS) is 11.3. The first kappa shape index (κ1) is 32.6. The Balaban J connectivity index is 1.09. The average Bonchev–Trinajstić information content (AvgIpc) is 3.65. The second-order valence-corrected chi connectivity index (χ2v) is 14.4. The summed E-state index contributed by atoms with van der Waals surface area (Å²) >= 11 is 1.75. The first-order chi connectivity index (χ1) is 27.3. The molecular weight excluding hydrogens is 689 g/mol. The Kier molecular flexibility index (Phi) is 8.32. The maximum atomic E-state index is 5.45. The van der Waals surface area contributed by atoms with Gasteiger partial charge >= 0.3 is 0 Å². The summed E-state index contributed by atoms with van der Waals surface area (Å²) in [4.78, 5) is 23.5. The molecule has 10 aromatic rings. The highest BCUT2D eigenvalue weighted by Gasteiger charge is 2.22. The lowest BCUT2D eigenvalue weighted by molar-refractivity contribution is 1.29. The molecule has 7 aromatic carbocycles. The Labute approximate surface area is 323 Å². The molecule has 5 heteroatoms. The number of aromatic nitrogens is 4. The molecule has 0 amide bonds. The molecule has 0 radical (unpaired) electrons. The highest BCUT2D eigenvalue weighted by molar-refractivity contribution is 7.20. The Bertz CT molecular complexity index is 2930. The summed E-state index contributed by atoms with van der Waals surface area (Å²) in [5, 5.41) is 0. The lowest BCUT2D eigenvalue weighted by Crippen LogP contribution is -1.96. The minimum atomic E-state index is 0.856. The molecule has 0 N–H and O–H groups in total. The smallest absolute Gasteiger partial charge is 0.109 e. The van der Waals surface area contributed by atoms with Crippen LogP contribution < -0.4 is 0 Å². The minimum absolute atomic E-state index is 0.856. The fourth-order valence-corrected chi connectivity index (χ4v) is 8.36. The first-order valence-electron chi connectivity index (χ1n) is 18.3. The van der Waals surface area contributed by atoms with Gasteiger partial charge in [0.05, 0.1) is 43.6 Å². The minimum Gasteiger partial charge on any atom is -0.244 e. The molecule has 0 saturated heterocycles. The fourth-order valence-electron chi connectivity index (χ4n) is 7.17. The van der Waals surface area contributed by atoms with E-state index in [1.54, 1.807) is 11.3 Å². The molecule has 0 aliphatic carbocycles. The van der Waals surface area contributed by atoms with Gasteiger partial charge < -0.3 is 0 Å². The second kappa shape index (κ2) is 14.0. The summed E-state index contributed by atoms with van der Waals surface area (Å²) in [6, 6.07) is 67.0. The number of nitrogens with zero attached hydrogens (tertiary/aromatic N) is 4. The summed E-state index contributed by atoms with van der Waals surface area (Å²) in [6.45, 7) is 0. The van der Waals surface area contributed by atoms with Gasteiger partial charge in [-0.15, -0.1) is 11.3 Å². The van der Waals surface area contributed by atoms with Crippen molar-refractivity contribution in [2.45, 2.75) is 0 Å². The number of hydrogen-bond acceptors (Lipinski definition) is 5. The largest absolute Gasteiger partial charge is 0.244 e. The van der Waals surface area contributed by atoms with Gasteiger partial charge in [0, 0.05) is 22.3 Å². The van der Waals surface area contributed by atoms with Crippen LogP contribution >= 0.6 is 11.3 Å². The van der Waals surface area contributed by atoms with Crippen LogP contribution in [0.5, 0.6) is 0 Å². The van der Waals surface area contributed by atoms with E-state index in [0.29, 0.717) is 0 Å². The van der Waals surface area contributed by atoms with Gasteiger partial charge in [-0.25, -0.2) is 19.9 Å². The molecule has 0 fully saturated rings. The van der Waals surface area contributed by atoms with Gasteiger partial charge in [0.1, 0.15) is 11.0 Å². The van der Waals surface area contributed by atoms with Gasteiger partial charge in [0.2, 0.25) is 0 Å². The quantitative estimate of drug-likeness (QED) is 0.164. The molecule has 0 atom stereocenters. The third-order valence-electron chi connectivity index (χ3n) is 9.90. The van der Waals surface area contributed by atoms with Crippen molar-refractivity contribution >= 4 is 33.4 Å². The molecular formula is C50H32N4S. The van der Waals surface area contributed by atoms with E-state index in [2.05, 4.69) is 146 Å². The summed E-state index contributed by atoms with van der Waals surface area (Å²) in [5.41, 5.74) is 15.6. The van der Waals surface area contributed by atoms with Crippen molar-refractivity contribution in [1.82, 2.24) is 19.9 Å². The Hall–Kier alpha value is -7.08. The summed E-state index contributed by atoms with van der Waals surface area (Å²) < 4.78 is 0. The van der Waals surface area contributed by atoms with Crippen molar-refractivity contribution in [3.05, 3.63) is 194 Å². The van der Waals surface area contributed by atoms with Gasteiger partial charge in [0.15, 0.2) is 0 Å². The average molecular weight is 721 g/mol. The monoisotopic (exact) mass is 720 g/mol. The van der Waals surface area contributed by atoms with E-state index in [-0.39, 0.29) is 0 Å². The highest BCUT2D eigenvalue weighted by Crippen LogP contribution is 2.45. The molecule has 0 aliphatic rings. The van der Waals surface area contributed by atoms with Crippen molar-refractivity contribution in [3.63, 3.8) is 0 Å². The van der Waals surface area contributed by atoms with Gasteiger partial charge in [0.25, 0.3) is 0 Å². The molecule has 10 rings (SSSR count). The molecule has 3 aromatic heterocycles. The van der Waals surface area contributed by atoms with Crippen LogP contribution in [0.2, 0.25) is 0 Å². The maximum absolute atomic E-state index is 5.45. The van der Waals surface area contributed by atoms with Crippen LogP contribution in [0.3, 0.4) is 0 Å². The second-order valence-electron chi connectivity index (χ2n) is 13.4. The lowest BCUT2D eigenvalue weighted by Gasteiger charge is -2.12. The SMILES string of the molecule is c1ccc(-c2nc3ccc(-c4ccc(-c5sc(-c6ccccc6)c6nc(-c7ccccc7)c(-c7ccccc7)nc56)cc4)cc3nc2-c2ccccc2)cc1. The van der Waals surface area contributed by atoms with Crippen LogP contribution in [-0.4, -0.2) is 19.9 Å². The van der Waals surface area contributed by atoms with Crippen LogP contribution in [0, 0.1) is 0 Å². The predicted molar refractivity (Wildman–Crippen MR) is 229 cm³/mol. The van der Waals surface area contributed by atoms with Crippen molar-refractivity contribution < 1.29 is 0 Å². The lowest BCUT2D eigenvalue weighted by atomic mass is 10.0. The van der Waals surface area contributed by atoms with Crippen LogP contribution in [0.4, 0.5) is 0 Å². The molecule has 0 bridgehead atoms. The Morgan fingerprint density at radius 3 is 1.02 bits per heavy atom. The molecule has 0 unspecified atom stereocenters. The number of fused-ring (bicyclic) bond motifs is 2. The van der Waals surface area contributed by atoms with E-state index in [4.69, 9.17) is 19.9 Å². The van der Waals surface area contributed by atoms with E-state index in [1.165, 1.54) is 0 Å². The molecule has 0 aliphatic heterocycles. The summed E-state index contributed by atoms with van der Waals surface area (Å²) in [7, 11) is 0. The van der Waals surface area contributed by atoms with Crippen LogP contribution in [0.1, 0.15) is 0 Å². The third kappa shape index (κ3) is 6.17. The molecule has 258 valence electrons. The number of thiophene rings is 1. The Morgan fingerprint density at radius 1 is 0.255 bits per heavy atom. The summed E-state index contributed by atoms with van der Waals surface area (Å²) in [6.07, 6.45) is 0. The molecule has 0 spiro atoms. The van der Waals surface area contributed by atoms with E-state index < -0.39 is 0 Å². The zero-order chi connectivity index (χ0) is 36.6. The fraction of sp³-hybridized carbons (Fsp3) is 0. The zero-order valence-electron chi connectivity index (χ0n) is 29.7. The van der Waals surface area contributed by atoms with Gasteiger partial charge in [-0.3, -0.25) is 0 Å². The Morgan fingerprint density at radius 2 is 0.582 bits per heavy atom. The van der Waals surface area contributed by atoms with Crippen LogP contribution in [0.15, 0.2) is 194 Å². The van der Waals surface area contributed by atoms with Crippen LogP contribution in [0.25, 0.3) is 99.1 Å². The van der Waals surface area contributed by atoms with E-state index in [1.807, 2.05) is 48.5 Å². The van der Waals surface area contributed by atoms with Crippen LogP contribution in [-0.2, 0) is 0 Å². The number of hydrogen-bond donors (Lipinski definition) is 0. The predicted octanol–water partition coefficient (Wildman–Crippen LogP) is 13.3. The standard InChI is InChI=1S/C50H32N4S/c1-6-16-34(17-7-1)43-44(35-18-8-2-9-19-35)52-42-32-40(30-31-41(42)51-43)33-26-28-39(29-27-33)50-48-47(49(55-50)38-24-14-5-15-25-38)53-45(36-20-10-3-11-21-36)46(54-48)37-22-12-4-13-23-37/h1-32H. The number of benzene rings is 7. The van der Waals surface area contributed by atoms with Crippen molar-refractivity contribution in [1.29, 1.82) is 0 Å². The molecule has 3 heterocycles. The highest BCUT2D eigenvalue weighted by atomic mass is 32.1. The molecule has 4 nitrogen and oxygen atoms in total. The van der Waals surface area contributed by atoms with Gasteiger partial charge in [-0.1, -0.05) is 182 Å². The van der Waals surface area contributed by atoms with E-state index >= 15 is 0 Å². The van der Waals surface area contributed by atoms with E-state index in [0.717, 1.165) is 99.1 Å². The molecule has 0 saturated carbocycles. The maximum Gasteiger partial charge on any atom is 0.109 e. The van der Waals surface area contributed by atoms with Crippen molar-refractivity contribution in [2.75, 3.05) is 0 Å².